The van der Waals surface area contributed by atoms with E-state index in [4.69, 9.17) is 19.3 Å². The minimum atomic E-state index is -1.87. The molecule has 0 amide bonds. The van der Waals surface area contributed by atoms with Crippen molar-refractivity contribution in [3.05, 3.63) is 30.2 Å². The normalized spacial score (nSPS) is 37.2. The zero-order chi connectivity index (χ0) is 18.4. The number of hydrogen-bond donors (Lipinski definition) is 1. The lowest BCUT2D eigenvalue weighted by Crippen LogP contribution is -2.62. The molecule has 1 N–H and O–H groups in total. The second-order valence-electron chi connectivity index (χ2n) is 6.91. The Kier molecular flexibility index (Phi) is 3.44. The van der Waals surface area contributed by atoms with Gasteiger partial charge in [0, 0.05) is 6.42 Å². The predicted octanol–water partition coefficient (Wildman–Crippen LogP) is 3.13. The highest BCUT2D eigenvalue weighted by atomic mass is 16.7. The fourth-order valence-electron chi connectivity index (χ4n) is 4.64. The summed E-state index contributed by atoms with van der Waals surface area (Å²) in [6.45, 7) is 0. The third-order valence-corrected chi connectivity index (χ3v) is 5.84. The Hall–Kier alpha value is -3.08. The number of nitriles is 3. The van der Waals surface area contributed by atoms with E-state index in [0.717, 1.165) is 12.8 Å². The molecule has 0 spiro atoms. The molecule has 3 heterocycles. The molecule has 3 fully saturated rings. The van der Waals surface area contributed by atoms with Gasteiger partial charge in [0.2, 0.25) is 17.1 Å². The van der Waals surface area contributed by atoms with Gasteiger partial charge in [0.1, 0.15) is 11.9 Å². The van der Waals surface area contributed by atoms with Crippen LogP contribution in [0.2, 0.25) is 0 Å². The molecule has 7 nitrogen and oxygen atoms in total. The van der Waals surface area contributed by atoms with Crippen molar-refractivity contribution >= 4 is 12.0 Å². The second kappa shape index (κ2) is 5.46. The molecule has 0 aromatic carbocycles. The van der Waals surface area contributed by atoms with Gasteiger partial charge in [0.15, 0.2) is 5.41 Å². The first-order valence-electron chi connectivity index (χ1n) is 8.50. The summed E-state index contributed by atoms with van der Waals surface area (Å²) in [6.07, 6.45) is 6.46. The summed E-state index contributed by atoms with van der Waals surface area (Å²) in [4.78, 5) is 0. The number of nitrogens with one attached hydrogen (secondary N) is 1. The van der Waals surface area contributed by atoms with Crippen LogP contribution in [0.1, 0.15) is 31.4 Å². The van der Waals surface area contributed by atoms with Gasteiger partial charge >= 0.3 is 0 Å². The van der Waals surface area contributed by atoms with E-state index >= 15 is 0 Å². The molecule has 2 bridgehead atoms. The van der Waals surface area contributed by atoms with Gasteiger partial charge in [-0.15, -0.1) is 0 Å². The summed E-state index contributed by atoms with van der Waals surface area (Å²) in [6, 6.07) is 9.62. The van der Waals surface area contributed by atoms with Crippen molar-refractivity contribution < 1.29 is 13.9 Å². The molecule has 1 aromatic heterocycles. The summed E-state index contributed by atoms with van der Waals surface area (Å²) >= 11 is 0. The van der Waals surface area contributed by atoms with Crippen LogP contribution in [0.25, 0.3) is 6.08 Å². The average molecular weight is 348 g/mol. The van der Waals surface area contributed by atoms with Gasteiger partial charge in [-0.25, -0.2) is 0 Å². The Labute approximate surface area is 150 Å². The van der Waals surface area contributed by atoms with E-state index < -0.39 is 28.6 Å². The second-order valence-corrected chi connectivity index (χ2v) is 6.91. The number of furan rings is 1. The van der Waals surface area contributed by atoms with Crippen LogP contribution in [-0.4, -0.2) is 17.8 Å². The van der Waals surface area contributed by atoms with Gasteiger partial charge in [0.05, 0.1) is 30.4 Å². The van der Waals surface area contributed by atoms with Crippen LogP contribution in [0.15, 0.2) is 28.9 Å². The first-order chi connectivity index (χ1) is 12.6. The van der Waals surface area contributed by atoms with E-state index in [0.29, 0.717) is 18.6 Å². The molecule has 4 atom stereocenters. The lowest BCUT2D eigenvalue weighted by Gasteiger charge is -2.50. The Morgan fingerprint density at radius 1 is 1.19 bits per heavy atom. The van der Waals surface area contributed by atoms with Crippen LogP contribution in [0.5, 0.6) is 0 Å². The van der Waals surface area contributed by atoms with E-state index in [-0.39, 0.29) is 5.90 Å². The van der Waals surface area contributed by atoms with Crippen LogP contribution in [-0.2, 0) is 9.47 Å². The van der Waals surface area contributed by atoms with E-state index in [1.807, 2.05) is 12.1 Å². The van der Waals surface area contributed by atoms with Crippen LogP contribution in [0.4, 0.5) is 0 Å². The summed E-state index contributed by atoms with van der Waals surface area (Å²) < 4.78 is 17.2. The highest BCUT2D eigenvalue weighted by Crippen LogP contribution is 2.66. The fourth-order valence-corrected chi connectivity index (χ4v) is 4.64. The smallest absolute Gasteiger partial charge is 0.217 e. The molecule has 1 aromatic rings. The average Bonchev–Trinajstić information content (AvgIpc) is 3.24. The fraction of sp³-hybridized carbons (Fsp3) is 0.474. The summed E-state index contributed by atoms with van der Waals surface area (Å²) in [7, 11) is 0. The molecular formula is C19H16N4O3. The zero-order valence-electron chi connectivity index (χ0n) is 13.9. The Bertz CT molecular complexity index is 887. The van der Waals surface area contributed by atoms with Crippen molar-refractivity contribution in [2.24, 2.45) is 16.7 Å². The maximum absolute atomic E-state index is 10.1. The van der Waals surface area contributed by atoms with Crippen molar-refractivity contribution in [3.8, 4) is 18.2 Å². The van der Waals surface area contributed by atoms with Gasteiger partial charge in [-0.2, -0.15) is 15.8 Å². The molecule has 3 aliphatic rings. The molecule has 4 rings (SSSR count). The maximum atomic E-state index is 10.1. The van der Waals surface area contributed by atoms with Gasteiger partial charge in [-0.3, -0.25) is 5.41 Å². The summed E-state index contributed by atoms with van der Waals surface area (Å²) in [5.41, 5.74) is -3.52. The lowest BCUT2D eigenvalue weighted by molar-refractivity contribution is -0.280. The van der Waals surface area contributed by atoms with E-state index in [1.54, 1.807) is 24.3 Å². The van der Waals surface area contributed by atoms with Gasteiger partial charge in [0.25, 0.3) is 0 Å². The van der Waals surface area contributed by atoms with Crippen molar-refractivity contribution in [3.63, 3.8) is 0 Å². The van der Waals surface area contributed by atoms with Crippen molar-refractivity contribution in [2.45, 2.75) is 37.6 Å². The molecule has 7 heteroatoms. The zero-order valence-corrected chi connectivity index (χ0v) is 13.9. The van der Waals surface area contributed by atoms with E-state index in [2.05, 4.69) is 6.07 Å². The van der Waals surface area contributed by atoms with Crippen molar-refractivity contribution in [1.82, 2.24) is 0 Å². The van der Waals surface area contributed by atoms with Gasteiger partial charge in [-0.05, 0) is 37.1 Å². The third kappa shape index (κ3) is 1.75. The molecule has 1 aliphatic carbocycles. The highest BCUT2D eigenvalue weighted by Gasteiger charge is 2.79. The molecule has 2 aliphatic heterocycles. The van der Waals surface area contributed by atoms with Crippen LogP contribution >= 0.6 is 0 Å². The minimum absolute atomic E-state index is 0.330. The number of nitrogens with zero attached hydrogens (tertiary/aromatic N) is 3. The molecule has 1 saturated carbocycles. The van der Waals surface area contributed by atoms with Crippen LogP contribution in [0, 0.1) is 56.2 Å². The van der Waals surface area contributed by atoms with Crippen molar-refractivity contribution in [2.75, 3.05) is 0 Å². The van der Waals surface area contributed by atoms with Gasteiger partial charge in [-0.1, -0.05) is 6.42 Å². The van der Waals surface area contributed by atoms with Gasteiger partial charge < -0.3 is 13.9 Å². The first kappa shape index (κ1) is 16.4. The van der Waals surface area contributed by atoms with E-state index in [9.17, 15) is 15.8 Å². The molecule has 26 heavy (non-hydrogen) atoms. The standard InChI is InChI=1S/C19H16N4O3/c20-10-17(11-21)15(7-6-13-4-3-9-24-13)25-19-8-2-1-5-14(19)18(17,12-22)16(23)26-19/h3-4,6-7,9,14-15,23H,1-2,5,8H2/b7-6+,23-16?. The largest absolute Gasteiger partial charge is 0.465 e. The molecule has 0 radical (unpaired) electrons. The Morgan fingerprint density at radius 3 is 2.65 bits per heavy atom. The Balaban J connectivity index is 1.89. The SMILES string of the molecule is N#CC1(C#N)C(/C=C/c2ccco2)OC23CCCCC2C1(C#N)C(=N)O3. The number of rotatable bonds is 2. The van der Waals surface area contributed by atoms with Crippen molar-refractivity contribution in [1.29, 1.82) is 21.2 Å². The Morgan fingerprint density at radius 2 is 2.00 bits per heavy atom. The molecular weight excluding hydrogens is 332 g/mol. The number of hydrogen-bond acceptors (Lipinski definition) is 7. The third-order valence-electron chi connectivity index (χ3n) is 5.84. The quantitative estimate of drug-likeness (QED) is 0.874. The predicted molar refractivity (Wildman–Crippen MR) is 87.8 cm³/mol. The number of ether oxygens (including phenoxy) is 2. The van der Waals surface area contributed by atoms with Crippen LogP contribution < -0.4 is 0 Å². The lowest BCUT2D eigenvalue weighted by atomic mass is 9.52. The molecule has 2 saturated heterocycles. The first-order valence-corrected chi connectivity index (χ1v) is 8.50. The van der Waals surface area contributed by atoms with Crippen LogP contribution in [0.3, 0.4) is 0 Å². The highest BCUT2D eigenvalue weighted by molar-refractivity contribution is 5.89. The van der Waals surface area contributed by atoms with E-state index in [1.165, 1.54) is 6.26 Å². The molecule has 130 valence electrons. The summed E-state index contributed by atoms with van der Waals surface area (Å²) in [5, 5.41) is 38.4. The molecule has 4 unspecified atom stereocenters. The monoisotopic (exact) mass is 348 g/mol. The minimum Gasteiger partial charge on any atom is -0.465 e. The maximum Gasteiger partial charge on any atom is 0.217 e. The summed E-state index contributed by atoms with van der Waals surface area (Å²) in [5.74, 6) is -1.42. The topological polar surface area (TPSA) is 127 Å².